The molecule has 1 heterocycles. The van der Waals surface area contributed by atoms with Crippen molar-refractivity contribution in [1.82, 2.24) is 9.55 Å². The smallest absolute Gasteiger partial charge is 0.305 e. The van der Waals surface area contributed by atoms with Crippen molar-refractivity contribution in [2.75, 3.05) is 0 Å². The van der Waals surface area contributed by atoms with Crippen LogP contribution in [0.3, 0.4) is 0 Å². The van der Waals surface area contributed by atoms with Crippen molar-refractivity contribution in [3.8, 4) is 0 Å². The lowest BCUT2D eigenvalue weighted by Gasteiger charge is -2.07. The van der Waals surface area contributed by atoms with Gasteiger partial charge < -0.3 is 4.98 Å². The highest BCUT2D eigenvalue weighted by molar-refractivity contribution is 9.10. The zero-order valence-corrected chi connectivity index (χ0v) is 13.1. The van der Waals surface area contributed by atoms with E-state index in [2.05, 4.69) is 20.9 Å². The van der Waals surface area contributed by atoms with E-state index in [9.17, 15) is 9.59 Å². The van der Waals surface area contributed by atoms with Crippen LogP contribution in [0.15, 0.2) is 56.5 Å². The zero-order chi connectivity index (χ0) is 15.0. The molecule has 2 aromatic carbocycles. The van der Waals surface area contributed by atoms with Gasteiger partial charge in [-0.2, -0.15) is 0 Å². The Morgan fingerprint density at radius 1 is 1.10 bits per heavy atom. The highest BCUT2D eigenvalue weighted by Crippen LogP contribution is 2.17. The number of halogens is 2. The lowest BCUT2D eigenvalue weighted by molar-refractivity contribution is 0.711. The minimum Gasteiger partial charge on any atom is -0.305 e. The second-order valence-electron chi connectivity index (χ2n) is 4.61. The van der Waals surface area contributed by atoms with Gasteiger partial charge in [0.25, 0.3) is 5.56 Å². The number of H-pyrrole nitrogens is 1. The third-order valence-corrected chi connectivity index (χ3v) is 4.06. The fourth-order valence-electron chi connectivity index (χ4n) is 2.16. The van der Waals surface area contributed by atoms with Gasteiger partial charge in [0.2, 0.25) is 0 Å². The topological polar surface area (TPSA) is 54.9 Å². The van der Waals surface area contributed by atoms with Crippen LogP contribution in [-0.4, -0.2) is 9.55 Å². The van der Waals surface area contributed by atoms with Gasteiger partial charge in [-0.3, -0.25) is 9.36 Å². The minimum absolute atomic E-state index is 0.212. The first kappa shape index (κ1) is 14.1. The van der Waals surface area contributed by atoms with Gasteiger partial charge in [-0.25, -0.2) is 4.79 Å². The number of rotatable bonds is 2. The third kappa shape index (κ3) is 2.66. The van der Waals surface area contributed by atoms with E-state index in [1.807, 2.05) is 24.3 Å². The number of fused-ring (bicyclic) bond motifs is 1. The molecule has 0 aliphatic rings. The van der Waals surface area contributed by atoms with Crippen LogP contribution in [0.1, 0.15) is 5.56 Å². The number of aromatic nitrogens is 2. The molecule has 0 unspecified atom stereocenters. The first-order valence-corrected chi connectivity index (χ1v) is 7.39. The van der Waals surface area contributed by atoms with Crippen LogP contribution >= 0.6 is 27.5 Å². The molecule has 1 N–H and O–H groups in total. The summed E-state index contributed by atoms with van der Waals surface area (Å²) in [4.78, 5) is 27.2. The Bertz CT molecular complexity index is 929. The predicted octanol–water partition coefficient (Wildman–Crippen LogP) is 3.15. The minimum atomic E-state index is -0.469. The van der Waals surface area contributed by atoms with Crippen LogP contribution in [0.2, 0.25) is 5.02 Å². The highest BCUT2D eigenvalue weighted by Gasteiger charge is 2.10. The van der Waals surface area contributed by atoms with E-state index in [0.29, 0.717) is 15.9 Å². The maximum absolute atomic E-state index is 12.4. The summed E-state index contributed by atoms with van der Waals surface area (Å²) >= 11 is 9.36. The molecular weight excluding hydrogens is 356 g/mol. The van der Waals surface area contributed by atoms with Crippen LogP contribution in [0.25, 0.3) is 10.9 Å². The number of hydrogen-bond acceptors (Lipinski definition) is 2. The average molecular weight is 366 g/mol. The van der Waals surface area contributed by atoms with Crippen molar-refractivity contribution in [2.45, 2.75) is 6.54 Å². The molecular formula is C15H10BrClN2O2. The standard InChI is InChI=1S/C15H10BrClN2O2/c16-10-6-4-9(5-7-10)8-19-14(20)11-2-1-3-12(17)13(11)18-15(19)21/h1-7H,8H2,(H,18,21). The molecule has 0 amide bonds. The highest BCUT2D eigenvalue weighted by atomic mass is 79.9. The molecule has 106 valence electrons. The first-order valence-electron chi connectivity index (χ1n) is 6.22. The molecule has 0 spiro atoms. The van der Waals surface area contributed by atoms with Crippen molar-refractivity contribution in [2.24, 2.45) is 0 Å². The lowest BCUT2D eigenvalue weighted by atomic mass is 10.2. The Morgan fingerprint density at radius 3 is 2.52 bits per heavy atom. The Morgan fingerprint density at radius 2 is 1.81 bits per heavy atom. The molecule has 0 saturated carbocycles. The van der Waals surface area contributed by atoms with Gasteiger partial charge in [-0.1, -0.05) is 45.7 Å². The largest absolute Gasteiger partial charge is 0.329 e. The Labute approximate surface area is 133 Å². The van der Waals surface area contributed by atoms with Crippen LogP contribution < -0.4 is 11.2 Å². The van der Waals surface area contributed by atoms with Crippen molar-refractivity contribution in [1.29, 1.82) is 0 Å². The Kier molecular flexibility index (Phi) is 3.69. The van der Waals surface area contributed by atoms with E-state index in [1.54, 1.807) is 18.2 Å². The molecule has 0 saturated heterocycles. The summed E-state index contributed by atoms with van der Waals surface area (Å²) in [5, 5.41) is 0.761. The summed E-state index contributed by atoms with van der Waals surface area (Å²) in [6.45, 7) is 0.212. The molecule has 3 aromatic rings. The molecule has 0 fully saturated rings. The van der Waals surface area contributed by atoms with E-state index in [0.717, 1.165) is 10.0 Å². The fourth-order valence-corrected chi connectivity index (χ4v) is 2.64. The summed E-state index contributed by atoms with van der Waals surface area (Å²) in [7, 11) is 0. The van der Waals surface area contributed by atoms with E-state index < -0.39 is 5.69 Å². The molecule has 3 rings (SSSR count). The molecule has 6 heteroatoms. The number of benzene rings is 2. The van der Waals surface area contributed by atoms with Gasteiger partial charge in [0, 0.05) is 4.47 Å². The SMILES string of the molecule is O=c1[nH]c2c(Cl)cccc2c(=O)n1Cc1ccc(Br)cc1. The molecule has 0 aliphatic heterocycles. The van der Waals surface area contributed by atoms with Gasteiger partial charge in [0.15, 0.2) is 0 Å². The van der Waals surface area contributed by atoms with Gasteiger partial charge in [-0.05, 0) is 29.8 Å². The van der Waals surface area contributed by atoms with E-state index in [1.165, 1.54) is 4.57 Å². The van der Waals surface area contributed by atoms with Crippen molar-refractivity contribution in [3.63, 3.8) is 0 Å². The quantitative estimate of drug-likeness (QED) is 0.758. The molecule has 0 atom stereocenters. The average Bonchev–Trinajstić information content (AvgIpc) is 2.47. The number of para-hydroxylation sites is 1. The fraction of sp³-hybridized carbons (Fsp3) is 0.0667. The predicted molar refractivity (Wildman–Crippen MR) is 87.1 cm³/mol. The second kappa shape index (κ2) is 5.50. The molecule has 1 aromatic heterocycles. The normalized spacial score (nSPS) is 11.0. The summed E-state index contributed by atoms with van der Waals surface area (Å²) in [5.74, 6) is 0. The zero-order valence-electron chi connectivity index (χ0n) is 10.8. The molecule has 0 bridgehead atoms. The first-order chi connectivity index (χ1) is 10.1. The number of hydrogen-bond donors (Lipinski definition) is 1. The monoisotopic (exact) mass is 364 g/mol. The molecule has 4 nitrogen and oxygen atoms in total. The van der Waals surface area contributed by atoms with Gasteiger partial charge in [-0.15, -0.1) is 0 Å². The van der Waals surface area contributed by atoms with Gasteiger partial charge in [0.05, 0.1) is 22.5 Å². The second-order valence-corrected chi connectivity index (χ2v) is 5.93. The maximum Gasteiger partial charge on any atom is 0.329 e. The van der Waals surface area contributed by atoms with Crippen molar-refractivity contribution >= 4 is 38.4 Å². The lowest BCUT2D eigenvalue weighted by Crippen LogP contribution is -2.35. The van der Waals surface area contributed by atoms with Gasteiger partial charge in [0.1, 0.15) is 0 Å². The van der Waals surface area contributed by atoms with Gasteiger partial charge >= 0.3 is 5.69 Å². The van der Waals surface area contributed by atoms with Crippen LogP contribution in [-0.2, 0) is 6.54 Å². The van der Waals surface area contributed by atoms with E-state index >= 15 is 0 Å². The summed E-state index contributed by atoms with van der Waals surface area (Å²) in [6, 6.07) is 12.4. The summed E-state index contributed by atoms with van der Waals surface area (Å²) in [6.07, 6.45) is 0. The number of nitrogens with one attached hydrogen (secondary N) is 1. The van der Waals surface area contributed by atoms with Crippen LogP contribution in [0.5, 0.6) is 0 Å². The number of nitrogens with zero attached hydrogens (tertiary/aromatic N) is 1. The van der Waals surface area contributed by atoms with Crippen LogP contribution in [0.4, 0.5) is 0 Å². The third-order valence-electron chi connectivity index (χ3n) is 3.22. The van der Waals surface area contributed by atoms with E-state index in [4.69, 9.17) is 11.6 Å². The Balaban J connectivity index is 2.17. The maximum atomic E-state index is 12.4. The summed E-state index contributed by atoms with van der Waals surface area (Å²) < 4.78 is 2.11. The van der Waals surface area contributed by atoms with Crippen molar-refractivity contribution in [3.05, 3.63) is 78.4 Å². The van der Waals surface area contributed by atoms with Crippen LogP contribution in [0, 0.1) is 0 Å². The summed E-state index contributed by atoms with van der Waals surface area (Å²) in [5.41, 5.74) is 0.427. The number of aromatic amines is 1. The van der Waals surface area contributed by atoms with E-state index in [-0.39, 0.29) is 12.1 Å². The molecule has 21 heavy (non-hydrogen) atoms. The Hall–Kier alpha value is -1.85. The molecule has 0 radical (unpaired) electrons. The molecule has 0 aliphatic carbocycles. The van der Waals surface area contributed by atoms with Crippen molar-refractivity contribution < 1.29 is 0 Å².